The second-order valence-electron chi connectivity index (χ2n) is 4.30. The summed E-state index contributed by atoms with van der Waals surface area (Å²) in [6.07, 6.45) is 0. The van der Waals surface area contributed by atoms with Gasteiger partial charge in [-0.15, -0.1) is 0 Å². The quantitative estimate of drug-likeness (QED) is 0.775. The van der Waals surface area contributed by atoms with Crippen LogP contribution in [0, 0.1) is 0 Å². The van der Waals surface area contributed by atoms with Crippen molar-refractivity contribution in [3.63, 3.8) is 0 Å². The lowest BCUT2D eigenvalue weighted by Crippen LogP contribution is -2.09. The SMILES string of the molecule is COc1cc(CO)ccc1OCCOc1cccc(Br)c1. The first-order valence-corrected chi connectivity index (χ1v) is 7.31. The molecule has 2 aromatic rings. The Balaban J connectivity index is 1.86. The predicted octanol–water partition coefficient (Wildman–Crippen LogP) is 3.41. The third-order valence-corrected chi connectivity index (χ3v) is 3.31. The van der Waals surface area contributed by atoms with Gasteiger partial charge in [0.05, 0.1) is 13.7 Å². The van der Waals surface area contributed by atoms with E-state index in [2.05, 4.69) is 15.9 Å². The van der Waals surface area contributed by atoms with Gasteiger partial charge in [-0.25, -0.2) is 0 Å². The van der Waals surface area contributed by atoms with Gasteiger partial charge in [-0.1, -0.05) is 28.1 Å². The largest absolute Gasteiger partial charge is 0.493 e. The van der Waals surface area contributed by atoms with Crippen LogP contribution in [0.5, 0.6) is 17.2 Å². The van der Waals surface area contributed by atoms with Crippen molar-refractivity contribution in [1.82, 2.24) is 0 Å². The summed E-state index contributed by atoms with van der Waals surface area (Å²) in [5, 5.41) is 9.09. The standard InChI is InChI=1S/C16H17BrO4/c1-19-16-9-12(11-18)5-6-15(16)21-8-7-20-14-4-2-3-13(17)10-14/h2-6,9-10,18H,7-8,11H2,1H3. The van der Waals surface area contributed by atoms with Gasteiger partial charge >= 0.3 is 0 Å². The third-order valence-electron chi connectivity index (χ3n) is 2.82. The highest BCUT2D eigenvalue weighted by Gasteiger charge is 2.05. The molecule has 0 radical (unpaired) electrons. The van der Waals surface area contributed by atoms with E-state index < -0.39 is 0 Å². The van der Waals surface area contributed by atoms with Gasteiger partial charge in [0.2, 0.25) is 0 Å². The zero-order valence-electron chi connectivity index (χ0n) is 11.7. The Morgan fingerprint density at radius 1 is 1.00 bits per heavy atom. The van der Waals surface area contributed by atoms with Gasteiger partial charge in [0.25, 0.3) is 0 Å². The van der Waals surface area contributed by atoms with E-state index in [4.69, 9.17) is 19.3 Å². The normalized spacial score (nSPS) is 10.2. The third kappa shape index (κ3) is 4.65. The number of hydrogen-bond acceptors (Lipinski definition) is 4. The minimum absolute atomic E-state index is 0.0252. The van der Waals surface area contributed by atoms with Crippen molar-refractivity contribution < 1.29 is 19.3 Å². The van der Waals surface area contributed by atoms with Crippen molar-refractivity contribution in [2.24, 2.45) is 0 Å². The van der Waals surface area contributed by atoms with Crippen molar-refractivity contribution in [2.75, 3.05) is 20.3 Å². The Bertz CT molecular complexity index is 586. The van der Waals surface area contributed by atoms with Gasteiger partial charge in [-0.3, -0.25) is 0 Å². The molecular formula is C16H17BrO4. The van der Waals surface area contributed by atoms with Crippen LogP contribution in [0.15, 0.2) is 46.9 Å². The Morgan fingerprint density at radius 3 is 2.52 bits per heavy atom. The molecule has 1 N–H and O–H groups in total. The second kappa shape index (κ2) is 7.90. The van der Waals surface area contributed by atoms with Crippen LogP contribution in [0.3, 0.4) is 0 Å². The number of benzene rings is 2. The van der Waals surface area contributed by atoms with E-state index in [0.29, 0.717) is 24.7 Å². The van der Waals surface area contributed by atoms with Gasteiger partial charge < -0.3 is 19.3 Å². The molecule has 0 aliphatic rings. The lowest BCUT2D eigenvalue weighted by atomic mass is 10.2. The highest BCUT2D eigenvalue weighted by atomic mass is 79.9. The van der Waals surface area contributed by atoms with Crippen molar-refractivity contribution >= 4 is 15.9 Å². The van der Waals surface area contributed by atoms with E-state index in [1.165, 1.54) is 0 Å². The molecule has 0 saturated heterocycles. The molecule has 112 valence electrons. The fraction of sp³-hybridized carbons (Fsp3) is 0.250. The maximum atomic E-state index is 9.09. The molecule has 0 aliphatic heterocycles. The van der Waals surface area contributed by atoms with Crippen LogP contribution >= 0.6 is 15.9 Å². The van der Waals surface area contributed by atoms with E-state index in [-0.39, 0.29) is 6.61 Å². The molecule has 0 amide bonds. The molecule has 0 aromatic heterocycles. The summed E-state index contributed by atoms with van der Waals surface area (Å²) in [5.74, 6) is 2.02. The molecule has 2 aromatic carbocycles. The number of aliphatic hydroxyl groups excluding tert-OH is 1. The summed E-state index contributed by atoms with van der Waals surface area (Å²) in [6, 6.07) is 13.0. The molecular weight excluding hydrogens is 336 g/mol. The molecule has 0 fully saturated rings. The van der Waals surface area contributed by atoms with Gasteiger partial charge in [-0.05, 0) is 35.9 Å². The molecule has 0 unspecified atom stereocenters. The first-order valence-electron chi connectivity index (χ1n) is 6.52. The molecule has 0 spiro atoms. The van der Waals surface area contributed by atoms with E-state index >= 15 is 0 Å². The van der Waals surface area contributed by atoms with Crippen molar-refractivity contribution in [3.8, 4) is 17.2 Å². The highest BCUT2D eigenvalue weighted by Crippen LogP contribution is 2.28. The Kier molecular flexibility index (Phi) is 5.90. The topological polar surface area (TPSA) is 47.9 Å². The number of hydrogen-bond donors (Lipinski definition) is 1. The van der Waals surface area contributed by atoms with Gasteiger partial charge in [-0.2, -0.15) is 0 Å². The van der Waals surface area contributed by atoms with Crippen molar-refractivity contribution in [2.45, 2.75) is 6.61 Å². The molecule has 0 aliphatic carbocycles. The maximum Gasteiger partial charge on any atom is 0.161 e. The zero-order chi connectivity index (χ0) is 15.1. The van der Waals surface area contributed by atoms with Crippen LogP contribution in [0.25, 0.3) is 0 Å². The van der Waals surface area contributed by atoms with Crippen LogP contribution in [0.4, 0.5) is 0 Å². The fourth-order valence-corrected chi connectivity index (χ4v) is 2.18. The minimum Gasteiger partial charge on any atom is -0.493 e. The lowest BCUT2D eigenvalue weighted by Gasteiger charge is -2.12. The van der Waals surface area contributed by atoms with Crippen molar-refractivity contribution in [3.05, 3.63) is 52.5 Å². The minimum atomic E-state index is -0.0252. The number of aliphatic hydroxyl groups is 1. The van der Waals surface area contributed by atoms with Gasteiger partial charge in [0.1, 0.15) is 19.0 Å². The molecule has 2 rings (SSSR count). The maximum absolute atomic E-state index is 9.09. The van der Waals surface area contributed by atoms with Crippen LogP contribution in [0.2, 0.25) is 0 Å². The summed E-state index contributed by atoms with van der Waals surface area (Å²) in [6.45, 7) is 0.811. The van der Waals surface area contributed by atoms with Crippen LogP contribution in [-0.2, 0) is 6.61 Å². The Hall–Kier alpha value is -1.72. The fourth-order valence-electron chi connectivity index (χ4n) is 1.80. The molecule has 0 saturated carbocycles. The van der Waals surface area contributed by atoms with Crippen LogP contribution in [0.1, 0.15) is 5.56 Å². The first-order chi connectivity index (χ1) is 10.2. The smallest absolute Gasteiger partial charge is 0.161 e. The van der Waals surface area contributed by atoms with Crippen LogP contribution < -0.4 is 14.2 Å². The van der Waals surface area contributed by atoms with Crippen LogP contribution in [-0.4, -0.2) is 25.4 Å². The van der Waals surface area contributed by atoms with Crippen molar-refractivity contribution in [1.29, 1.82) is 0 Å². The van der Waals surface area contributed by atoms with E-state index in [9.17, 15) is 0 Å². The summed E-state index contributed by atoms with van der Waals surface area (Å²) in [7, 11) is 1.57. The monoisotopic (exact) mass is 352 g/mol. The van der Waals surface area contributed by atoms with E-state index in [1.54, 1.807) is 25.3 Å². The molecule has 5 heteroatoms. The Labute approximate surface area is 132 Å². The van der Waals surface area contributed by atoms with E-state index in [1.807, 2.05) is 24.3 Å². The number of halogens is 1. The van der Waals surface area contributed by atoms with Gasteiger partial charge in [0, 0.05) is 4.47 Å². The lowest BCUT2D eigenvalue weighted by molar-refractivity contribution is 0.211. The zero-order valence-corrected chi connectivity index (χ0v) is 13.3. The number of methoxy groups -OCH3 is 1. The summed E-state index contributed by atoms with van der Waals surface area (Å²) in [5.41, 5.74) is 0.782. The second-order valence-corrected chi connectivity index (χ2v) is 5.21. The van der Waals surface area contributed by atoms with E-state index in [0.717, 1.165) is 15.8 Å². The molecule has 0 atom stereocenters. The first kappa shape index (κ1) is 15.7. The molecule has 0 heterocycles. The number of rotatable bonds is 7. The summed E-state index contributed by atoms with van der Waals surface area (Å²) >= 11 is 3.39. The summed E-state index contributed by atoms with van der Waals surface area (Å²) in [4.78, 5) is 0. The summed E-state index contributed by atoms with van der Waals surface area (Å²) < 4.78 is 17.4. The number of ether oxygens (including phenoxy) is 3. The predicted molar refractivity (Wildman–Crippen MR) is 84.0 cm³/mol. The average Bonchev–Trinajstić information content (AvgIpc) is 2.51. The molecule has 4 nitrogen and oxygen atoms in total. The highest BCUT2D eigenvalue weighted by molar-refractivity contribution is 9.10. The molecule has 0 bridgehead atoms. The van der Waals surface area contributed by atoms with Gasteiger partial charge in [0.15, 0.2) is 11.5 Å². The Morgan fingerprint density at radius 2 is 1.81 bits per heavy atom. The average molecular weight is 353 g/mol. The molecule has 21 heavy (non-hydrogen) atoms.